The van der Waals surface area contributed by atoms with Crippen LogP contribution < -0.4 is 11.1 Å². The van der Waals surface area contributed by atoms with Crippen molar-refractivity contribution in [2.24, 2.45) is 0 Å². The van der Waals surface area contributed by atoms with Gasteiger partial charge in [-0.15, -0.1) is 11.3 Å². The van der Waals surface area contributed by atoms with Gasteiger partial charge in [0.2, 0.25) is 0 Å². The van der Waals surface area contributed by atoms with E-state index in [4.69, 9.17) is 5.73 Å². The number of nitrogen functional groups attached to an aromatic ring is 1. The van der Waals surface area contributed by atoms with Gasteiger partial charge in [0.1, 0.15) is 11.4 Å². The number of carbonyl (C=O) groups excluding carboxylic acids is 1. The van der Waals surface area contributed by atoms with Gasteiger partial charge in [0.25, 0.3) is 5.91 Å². The Kier molecular flexibility index (Phi) is 3.38. The summed E-state index contributed by atoms with van der Waals surface area (Å²) in [5, 5.41) is 12.0. The molecular weight excluding hydrogens is 238 g/mol. The number of nitrogens with zero attached hydrogens (tertiary/aromatic N) is 2. The Morgan fingerprint density at radius 3 is 3.06 bits per heavy atom. The van der Waals surface area contributed by atoms with Crippen LogP contribution in [-0.4, -0.2) is 27.6 Å². The highest BCUT2D eigenvalue weighted by atomic mass is 32.1. The first-order chi connectivity index (χ1) is 8.16. The summed E-state index contributed by atoms with van der Waals surface area (Å²) < 4.78 is 0. The van der Waals surface area contributed by atoms with Crippen molar-refractivity contribution in [3.8, 4) is 0 Å². The monoisotopic (exact) mass is 251 g/mol. The molecule has 0 bridgehead atoms. The van der Waals surface area contributed by atoms with E-state index in [-0.39, 0.29) is 11.7 Å². The summed E-state index contributed by atoms with van der Waals surface area (Å²) in [5.41, 5.74) is 6.92. The summed E-state index contributed by atoms with van der Waals surface area (Å²) in [4.78, 5) is 16.0. The maximum absolute atomic E-state index is 11.7. The number of amides is 1. The van der Waals surface area contributed by atoms with Crippen molar-refractivity contribution in [1.29, 1.82) is 0 Å². The molecule has 4 N–H and O–H groups in total. The molecule has 90 valence electrons. The molecule has 2 heterocycles. The molecule has 0 aliphatic carbocycles. The lowest BCUT2D eigenvalue weighted by atomic mass is 10.3. The van der Waals surface area contributed by atoms with Crippen LogP contribution in [0.2, 0.25) is 0 Å². The highest BCUT2D eigenvalue weighted by Crippen LogP contribution is 2.09. The molecule has 0 radical (unpaired) electrons. The molecule has 2 rings (SSSR count). The van der Waals surface area contributed by atoms with Gasteiger partial charge in [-0.3, -0.25) is 9.89 Å². The fourth-order valence-electron chi connectivity index (χ4n) is 1.37. The zero-order valence-electron chi connectivity index (χ0n) is 9.36. The molecular formula is C10H13N5OS. The molecule has 6 nitrogen and oxygen atoms in total. The number of aromatic amines is 1. The molecule has 0 atom stereocenters. The van der Waals surface area contributed by atoms with Crippen molar-refractivity contribution >= 4 is 23.1 Å². The summed E-state index contributed by atoms with van der Waals surface area (Å²) in [6, 6.07) is 0. The van der Waals surface area contributed by atoms with Crippen LogP contribution in [0.1, 0.15) is 21.1 Å². The highest BCUT2D eigenvalue weighted by Gasteiger charge is 2.10. The maximum Gasteiger partial charge on any atom is 0.256 e. The van der Waals surface area contributed by atoms with Gasteiger partial charge in [0.05, 0.1) is 11.2 Å². The first kappa shape index (κ1) is 11.6. The minimum Gasteiger partial charge on any atom is -0.383 e. The third kappa shape index (κ3) is 2.82. The number of rotatable bonds is 4. The Morgan fingerprint density at radius 1 is 1.65 bits per heavy atom. The number of carbonyl (C=O) groups is 1. The van der Waals surface area contributed by atoms with Crippen LogP contribution in [0.3, 0.4) is 0 Å². The van der Waals surface area contributed by atoms with Gasteiger partial charge in [0, 0.05) is 24.0 Å². The van der Waals surface area contributed by atoms with Gasteiger partial charge in [-0.1, -0.05) is 0 Å². The first-order valence-electron chi connectivity index (χ1n) is 5.15. The summed E-state index contributed by atoms with van der Waals surface area (Å²) in [5.74, 6) is 0.0668. The number of nitrogens with one attached hydrogen (secondary N) is 2. The standard InChI is InChI=1S/C10H13N5OS/c1-6-5-17-8(14-6)2-3-12-10(16)7-4-13-15-9(7)11/h4-5H,2-3H2,1H3,(H,12,16)(H3,11,13,15). The molecule has 0 saturated heterocycles. The molecule has 7 heteroatoms. The summed E-state index contributed by atoms with van der Waals surface area (Å²) >= 11 is 1.60. The Hall–Kier alpha value is -1.89. The SMILES string of the molecule is Cc1csc(CCNC(=O)c2cn[nH]c2N)n1. The Bertz CT molecular complexity index is 518. The second-order valence-electron chi connectivity index (χ2n) is 3.59. The molecule has 0 unspecified atom stereocenters. The molecule has 0 aliphatic heterocycles. The molecule has 0 aliphatic rings. The number of hydrogen-bond acceptors (Lipinski definition) is 5. The lowest BCUT2D eigenvalue weighted by Gasteiger charge is -2.02. The number of H-pyrrole nitrogens is 1. The topological polar surface area (TPSA) is 96.7 Å². The third-order valence-electron chi connectivity index (χ3n) is 2.20. The predicted molar refractivity (Wildman–Crippen MR) is 65.9 cm³/mol. The average molecular weight is 251 g/mol. The second kappa shape index (κ2) is 4.96. The van der Waals surface area contributed by atoms with Crippen LogP contribution in [0, 0.1) is 6.92 Å². The second-order valence-corrected chi connectivity index (χ2v) is 4.53. The van der Waals surface area contributed by atoms with E-state index in [2.05, 4.69) is 20.5 Å². The quantitative estimate of drug-likeness (QED) is 0.746. The van der Waals surface area contributed by atoms with Crippen molar-refractivity contribution < 1.29 is 4.79 Å². The zero-order chi connectivity index (χ0) is 12.3. The average Bonchev–Trinajstić information content (AvgIpc) is 2.87. The van der Waals surface area contributed by atoms with E-state index in [9.17, 15) is 4.79 Å². The van der Waals surface area contributed by atoms with E-state index in [0.717, 1.165) is 17.1 Å². The summed E-state index contributed by atoms with van der Waals surface area (Å²) in [6.45, 7) is 2.49. The number of hydrogen-bond donors (Lipinski definition) is 3. The van der Waals surface area contributed by atoms with Crippen molar-refractivity contribution in [2.75, 3.05) is 12.3 Å². The van der Waals surface area contributed by atoms with Crippen LogP contribution in [0.5, 0.6) is 0 Å². The van der Waals surface area contributed by atoms with Crippen molar-refractivity contribution in [3.63, 3.8) is 0 Å². The van der Waals surface area contributed by atoms with E-state index in [0.29, 0.717) is 12.1 Å². The van der Waals surface area contributed by atoms with E-state index in [1.807, 2.05) is 12.3 Å². The van der Waals surface area contributed by atoms with Gasteiger partial charge in [-0.05, 0) is 6.92 Å². The first-order valence-corrected chi connectivity index (χ1v) is 6.03. The molecule has 0 fully saturated rings. The van der Waals surface area contributed by atoms with E-state index < -0.39 is 0 Å². The van der Waals surface area contributed by atoms with Gasteiger partial charge in [-0.25, -0.2) is 4.98 Å². The minimum absolute atomic E-state index is 0.218. The van der Waals surface area contributed by atoms with Crippen LogP contribution in [-0.2, 0) is 6.42 Å². The lowest BCUT2D eigenvalue weighted by molar-refractivity contribution is 0.0955. The molecule has 2 aromatic rings. The Balaban J connectivity index is 1.83. The normalized spacial score (nSPS) is 10.4. The maximum atomic E-state index is 11.7. The molecule has 0 spiro atoms. The number of aromatic nitrogens is 3. The summed E-state index contributed by atoms with van der Waals surface area (Å²) in [7, 11) is 0. The highest BCUT2D eigenvalue weighted by molar-refractivity contribution is 7.09. The van der Waals surface area contributed by atoms with Gasteiger partial charge in [0.15, 0.2) is 0 Å². The predicted octanol–water partition coefficient (Wildman–Crippen LogP) is 0.729. The molecule has 2 aromatic heterocycles. The van der Waals surface area contributed by atoms with Gasteiger partial charge < -0.3 is 11.1 Å². The van der Waals surface area contributed by atoms with E-state index in [1.165, 1.54) is 6.20 Å². The minimum atomic E-state index is -0.218. The Labute approximate surface area is 102 Å². The van der Waals surface area contributed by atoms with Crippen LogP contribution in [0.25, 0.3) is 0 Å². The molecule has 17 heavy (non-hydrogen) atoms. The van der Waals surface area contributed by atoms with Gasteiger partial charge >= 0.3 is 0 Å². The van der Waals surface area contributed by atoms with Crippen LogP contribution >= 0.6 is 11.3 Å². The van der Waals surface area contributed by atoms with E-state index in [1.54, 1.807) is 11.3 Å². The van der Waals surface area contributed by atoms with Crippen LogP contribution in [0.4, 0.5) is 5.82 Å². The Morgan fingerprint density at radius 2 is 2.47 bits per heavy atom. The van der Waals surface area contributed by atoms with Crippen molar-refractivity contribution in [2.45, 2.75) is 13.3 Å². The number of anilines is 1. The van der Waals surface area contributed by atoms with E-state index >= 15 is 0 Å². The van der Waals surface area contributed by atoms with Crippen LogP contribution in [0.15, 0.2) is 11.6 Å². The summed E-state index contributed by atoms with van der Waals surface area (Å²) in [6.07, 6.45) is 2.14. The van der Waals surface area contributed by atoms with Gasteiger partial charge in [-0.2, -0.15) is 5.10 Å². The third-order valence-corrected chi connectivity index (χ3v) is 3.23. The molecule has 0 saturated carbocycles. The number of aryl methyl sites for hydroxylation is 1. The molecule has 0 aromatic carbocycles. The fourth-order valence-corrected chi connectivity index (χ4v) is 2.15. The molecule has 1 amide bonds. The zero-order valence-corrected chi connectivity index (χ0v) is 10.2. The lowest BCUT2D eigenvalue weighted by Crippen LogP contribution is -2.26. The number of thiazole rings is 1. The fraction of sp³-hybridized carbons (Fsp3) is 0.300. The van der Waals surface area contributed by atoms with Crippen molar-refractivity contribution in [3.05, 3.63) is 27.8 Å². The number of nitrogens with two attached hydrogens (primary N) is 1. The van der Waals surface area contributed by atoms with Crippen molar-refractivity contribution in [1.82, 2.24) is 20.5 Å². The smallest absolute Gasteiger partial charge is 0.256 e. The largest absolute Gasteiger partial charge is 0.383 e.